The van der Waals surface area contributed by atoms with Crippen molar-refractivity contribution >= 4 is 21.7 Å². The van der Waals surface area contributed by atoms with Gasteiger partial charge in [0, 0.05) is 16.5 Å². The summed E-state index contributed by atoms with van der Waals surface area (Å²) in [5, 5.41) is 0. The normalized spacial score (nSPS) is 10.6. The van der Waals surface area contributed by atoms with Crippen LogP contribution in [0.4, 0.5) is 0 Å². The molecular formula is C16H23BrO. The smallest absolute Gasteiger partial charge is 0.163 e. The minimum atomic E-state index is 0.282. The van der Waals surface area contributed by atoms with Gasteiger partial charge in [-0.05, 0) is 25.0 Å². The van der Waals surface area contributed by atoms with E-state index in [1.165, 1.54) is 32.1 Å². The highest BCUT2D eigenvalue weighted by atomic mass is 79.9. The minimum absolute atomic E-state index is 0.282. The molecule has 0 aliphatic heterocycles. The summed E-state index contributed by atoms with van der Waals surface area (Å²) in [5.41, 5.74) is 1.94. The van der Waals surface area contributed by atoms with Gasteiger partial charge >= 0.3 is 0 Å². The van der Waals surface area contributed by atoms with Crippen molar-refractivity contribution in [2.24, 2.45) is 0 Å². The van der Waals surface area contributed by atoms with Crippen molar-refractivity contribution in [3.8, 4) is 0 Å². The molecule has 100 valence electrons. The molecule has 0 aliphatic carbocycles. The van der Waals surface area contributed by atoms with Crippen LogP contribution in [0.25, 0.3) is 0 Å². The van der Waals surface area contributed by atoms with E-state index in [2.05, 4.69) is 22.9 Å². The SMILES string of the molecule is CCCCCCCCC(=O)c1cccc(Br)c1C. The molecule has 0 N–H and O–H groups in total. The number of carbonyl (C=O) groups excluding carboxylic acids is 1. The minimum Gasteiger partial charge on any atom is -0.294 e. The fourth-order valence-electron chi connectivity index (χ4n) is 2.11. The lowest BCUT2D eigenvalue weighted by atomic mass is 10.00. The molecule has 1 rings (SSSR count). The molecule has 0 aromatic heterocycles. The first kappa shape index (κ1) is 15.4. The van der Waals surface area contributed by atoms with Gasteiger partial charge in [-0.25, -0.2) is 0 Å². The Labute approximate surface area is 119 Å². The number of Topliss-reactive ketones (excluding diaryl/α,β-unsaturated/α-hetero) is 1. The van der Waals surface area contributed by atoms with Crippen LogP contribution in [0.5, 0.6) is 0 Å². The Balaban J connectivity index is 2.35. The molecule has 0 heterocycles. The van der Waals surface area contributed by atoms with E-state index in [-0.39, 0.29) is 5.78 Å². The van der Waals surface area contributed by atoms with Crippen LogP contribution >= 0.6 is 15.9 Å². The molecule has 0 fully saturated rings. The Morgan fingerprint density at radius 1 is 1.11 bits per heavy atom. The van der Waals surface area contributed by atoms with Gasteiger partial charge in [-0.1, -0.05) is 67.1 Å². The van der Waals surface area contributed by atoms with Crippen LogP contribution in [0.3, 0.4) is 0 Å². The summed E-state index contributed by atoms with van der Waals surface area (Å²) in [5.74, 6) is 0.282. The van der Waals surface area contributed by atoms with Gasteiger partial charge in [0.2, 0.25) is 0 Å². The topological polar surface area (TPSA) is 17.1 Å². The van der Waals surface area contributed by atoms with Crippen LogP contribution in [0.15, 0.2) is 22.7 Å². The molecule has 0 radical (unpaired) electrons. The third-order valence-electron chi connectivity index (χ3n) is 3.33. The summed E-state index contributed by atoms with van der Waals surface area (Å²) in [7, 11) is 0. The number of hydrogen-bond donors (Lipinski definition) is 0. The van der Waals surface area contributed by atoms with Crippen molar-refractivity contribution < 1.29 is 4.79 Å². The van der Waals surface area contributed by atoms with E-state index < -0.39 is 0 Å². The number of benzene rings is 1. The van der Waals surface area contributed by atoms with E-state index in [4.69, 9.17) is 0 Å². The molecular weight excluding hydrogens is 288 g/mol. The lowest BCUT2D eigenvalue weighted by molar-refractivity contribution is 0.0978. The second-order valence-corrected chi connectivity index (χ2v) is 5.71. The first-order chi connectivity index (χ1) is 8.66. The zero-order valence-corrected chi connectivity index (χ0v) is 13.1. The van der Waals surface area contributed by atoms with Crippen molar-refractivity contribution in [2.75, 3.05) is 0 Å². The van der Waals surface area contributed by atoms with Crippen molar-refractivity contribution in [2.45, 2.75) is 58.8 Å². The molecule has 0 saturated heterocycles. The van der Waals surface area contributed by atoms with Gasteiger partial charge in [0.05, 0.1) is 0 Å². The lowest BCUT2D eigenvalue weighted by Gasteiger charge is -2.06. The Bertz CT molecular complexity index is 385. The van der Waals surface area contributed by atoms with E-state index in [1.807, 2.05) is 25.1 Å². The Morgan fingerprint density at radius 2 is 1.78 bits per heavy atom. The predicted octanol–water partition coefficient (Wildman–Crippen LogP) is 5.69. The summed E-state index contributed by atoms with van der Waals surface area (Å²) in [6, 6.07) is 5.85. The van der Waals surface area contributed by atoms with Gasteiger partial charge in [-0.15, -0.1) is 0 Å². The summed E-state index contributed by atoms with van der Waals surface area (Å²) in [6.07, 6.45) is 8.05. The molecule has 0 aliphatic rings. The quantitative estimate of drug-likeness (QED) is 0.445. The molecule has 0 unspecified atom stereocenters. The molecule has 18 heavy (non-hydrogen) atoms. The van der Waals surface area contributed by atoms with Crippen molar-refractivity contribution in [1.29, 1.82) is 0 Å². The maximum atomic E-state index is 12.1. The summed E-state index contributed by atoms with van der Waals surface area (Å²) in [6.45, 7) is 4.22. The van der Waals surface area contributed by atoms with Gasteiger partial charge in [0.15, 0.2) is 5.78 Å². The van der Waals surface area contributed by atoms with Gasteiger partial charge in [0.25, 0.3) is 0 Å². The molecule has 0 bridgehead atoms. The number of ketones is 1. The number of unbranched alkanes of at least 4 members (excludes halogenated alkanes) is 5. The highest BCUT2D eigenvalue weighted by molar-refractivity contribution is 9.10. The van der Waals surface area contributed by atoms with Crippen LogP contribution in [0.1, 0.15) is 67.8 Å². The average Bonchev–Trinajstić information content (AvgIpc) is 2.36. The van der Waals surface area contributed by atoms with Crippen molar-refractivity contribution in [1.82, 2.24) is 0 Å². The predicted molar refractivity (Wildman–Crippen MR) is 81.2 cm³/mol. The van der Waals surface area contributed by atoms with E-state index >= 15 is 0 Å². The standard InChI is InChI=1S/C16H23BrO/c1-3-4-5-6-7-8-12-16(18)14-10-9-11-15(17)13(14)2/h9-11H,3-8,12H2,1-2H3. The lowest BCUT2D eigenvalue weighted by Crippen LogP contribution is -2.02. The first-order valence-corrected chi connectivity index (χ1v) is 7.74. The summed E-state index contributed by atoms with van der Waals surface area (Å²) in [4.78, 5) is 12.1. The van der Waals surface area contributed by atoms with Crippen LogP contribution in [-0.2, 0) is 0 Å². The van der Waals surface area contributed by atoms with E-state index in [9.17, 15) is 4.79 Å². The number of rotatable bonds is 8. The van der Waals surface area contributed by atoms with Gasteiger partial charge in [-0.3, -0.25) is 4.79 Å². The molecule has 0 atom stereocenters. The maximum absolute atomic E-state index is 12.1. The maximum Gasteiger partial charge on any atom is 0.163 e. The zero-order chi connectivity index (χ0) is 13.4. The number of carbonyl (C=O) groups is 1. The first-order valence-electron chi connectivity index (χ1n) is 6.95. The van der Waals surface area contributed by atoms with Crippen LogP contribution in [-0.4, -0.2) is 5.78 Å². The Morgan fingerprint density at radius 3 is 2.50 bits per heavy atom. The summed E-state index contributed by atoms with van der Waals surface area (Å²) < 4.78 is 1.02. The third kappa shape index (κ3) is 4.93. The molecule has 0 amide bonds. The van der Waals surface area contributed by atoms with Crippen LogP contribution in [0.2, 0.25) is 0 Å². The molecule has 0 saturated carbocycles. The fraction of sp³-hybridized carbons (Fsp3) is 0.562. The monoisotopic (exact) mass is 310 g/mol. The van der Waals surface area contributed by atoms with E-state index in [0.717, 1.165) is 22.0 Å². The molecule has 1 aromatic rings. The Kier molecular flexibility index (Phi) is 7.26. The molecule has 1 nitrogen and oxygen atoms in total. The average molecular weight is 311 g/mol. The zero-order valence-electron chi connectivity index (χ0n) is 11.5. The van der Waals surface area contributed by atoms with Crippen molar-refractivity contribution in [3.05, 3.63) is 33.8 Å². The Hall–Kier alpha value is -0.630. The highest BCUT2D eigenvalue weighted by Gasteiger charge is 2.09. The molecule has 1 aromatic carbocycles. The number of hydrogen-bond acceptors (Lipinski definition) is 1. The van der Waals surface area contributed by atoms with Gasteiger partial charge in [-0.2, -0.15) is 0 Å². The van der Waals surface area contributed by atoms with Gasteiger partial charge < -0.3 is 0 Å². The van der Waals surface area contributed by atoms with E-state index in [1.54, 1.807) is 0 Å². The van der Waals surface area contributed by atoms with E-state index in [0.29, 0.717) is 6.42 Å². The molecule has 2 heteroatoms. The van der Waals surface area contributed by atoms with Crippen LogP contribution < -0.4 is 0 Å². The largest absolute Gasteiger partial charge is 0.294 e. The molecule has 0 spiro atoms. The second kappa shape index (κ2) is 8.47. The van der Waals surface area contributed by atoms with Crippen LogP contribution in [0, 0.1) is 6.92 Å². The highest BCUT2D eigenvalue weighted by Crippen LogP contribution is 2.21. The summed E-state index contributed by atoms with van der Waals surface area (Å²) >= 11 is 3.47. The second-order valence-electron chi connectivity index (χ2n) is 4.85. The van der Waals surface area contributed by atoms with Crippen molar-refractivity contribution in [3.63, 3.8) is 0 Å². The third-order valence-corrected chi connectivity index (χ3v) is 4.18. The fourth-order valence-corrected chi connectivity index (χ4v) is 2.48. The van der Waals surface area contributed by atoms with Gasteiger partial charge in [0.1, 0.15) is 0 Å². The number of halogens is 1.